The molecule has 1 amide bonds. The molecule has 0 N–H and O–H groups in total. The maximum absolute atomic E-state index is 13.3. The van der Waals surface area contributed by atoms with Crippen molar-refractivity contribution in [3.05, 3.63) is 0 Å². The number of hydrogen-bond acceptors (Lipinski definition) is 3. The van der Waals surface area contributed by atoms with Gasteiger partial charge in [-0.25, -0.2) is 4.31 Å². The molecule has 24 heavy (non-hydrogen) atoms. The van der Waals surface area contributed by atoms with Crippen LogP contribution in [0.1, 0.15) is 90.4 Å². The summed E-state index contributed by atoms with van der Waals surface area (Å²) >= 11 is 0. The van der Waals surface area contributed by atoms with E-state index < -0.39 is 16.3 Å². The molecule has 5 nitrogen and oxygen atoms in total. The molecule has 6 heteroatoms. The second-order valence-electron chi connectivity index (χ2n) is 7.71. The molecule has 1 atom stereocenters. The van der Waals surface area contributed by atoms with Crippen LogP contribution in [0.25, 0.3) is 0 Å². The average molecular weight is 357 g/mol. The summed E-state index contributed by atoms with van der Waals surface area (Å²) in [5.41, 5.74) is 0. The van der Waals surface area contributed by atoms with E-state index >= 15 is 0 Å². The third-order valence-electron chi connectivity index (χ3n) is 6.00. The summed E-state index contributed by atoms with van der Waals surface area (Å²) in [5.74, 6) is -0.138. The number of carbonyl (C=O) groups is 1. The van der Waals surface area contributed by atoms with Crippen LogP contribution in [0.15, 0.2) is 0 Å². The monoisotopic (exact) mass is 356 g/mol. The highest BCUT2D eigenvalue weighted by atomic mass is 32.2. The van der Waals surface area contributed by atoms with E-state index in [4.69, 9.17) is 0 Å². The largest absolute Gasteiger partial charge is 0.307 e. The summed E-state index contributed by atoms with van der Waals surface area (Å²) in [7, 11) is -3.64. The number of hydrogen-bond donors (Lipinski definition) is 0. The maximum atomic E-state index is 13.3. The van der Waals surface area contributed by atoms with Crippen LogP contribution in [0.4, 0.5) is 0 Å². The lowest BCUT2D eigenvalue weighted by atomic mass is 9.93. The molecule has 0 spiro atoms. The number of amides is 1. The van der Waals surface area contributed by atoms with E-state index in [0.717, 1.165) is 70.6 Å². The zero-order valence-electron chi connectivity index (χ0n) is 15.0. The van der Waals surface area contributed by atoms with E-state index in [0.29, 0.717) is 6.42 Å². The predicted octanol–water partition coefficient (Wildman–Crippen LogP) is 3.60. The molecule has 0 bridgehead atoms. The summed E-state index contributed by atoms with van der Waals surface area (Å²) in [6, 6.07) is -0.517. The Bertz CT molecular complexity index is 536. The van der Waals surface area contributed by atoms with Gasteiger partial charge in [-0.1, -0.05) is 58.3 Å². The highest BCUT2D eigenvalue weighted by Crippen LogP contribution is 2.38. The second-order valence-corrected chi connectivity index (χ2v) is 9.42. The van der Waals surface area contributed by atoms with Gasteiger partial charge in [0.1, 0.15) is 6.04 Å². The van der Waals surface area contributed by atoms with Gasteiger partial charge in [0.15, 0.2) is 0 Å². The number of nitrogens with zero attached hydrogens (tertiary/aromatic N) is 2. The fraction of sp³-hybridized carbons (Fsp3) is 0.944. The number of unbranched alkanes of at least 4 members (excludes halogenated alkanes) is 1. The lowest BCUT2D eigenvalue weighted by Crippen LogP contribution is -2.46. The van der Waals surface area contributed by atoms with Gasteiger partial charge in [0.05, 0.1) is 0 Å². The average Bonchev–Trinajstić information content (AvgIpc) is 2.79. The fourth-order valence-corrected chi connectivity index (χ4v) is 6.99. The topological polar surface area (TPSA) is 57.7 Å². The Morgan fingerprint density at radius 3 is 2.00 bits per heavy atom. The van der Waals surface area contributed by atoms with Gasteiger partial charge in [-0.3, -0.25) is 4.79 Å². The molecule has 1 heterocycles. The van der Waals surface area contributed by atoms with Crippen molar-refractivity contribution < 1.29 is 13.2 Å². The Labute approximate surface area is 147 Å². The van der Waals surface area contributed by atoms with Gasteiger partial charge in [-0.05, 0) is 32.1 Å². The molecule has 0 aromatic heterocycles. The van der Waals surface area contributed by atoms with Crippen molar-refractivity contribution in [3.63, 3.8) is 0 Å². The first-order valence-corrected chi connectivity index (χ1v) is 11.3. The Balaban J connectivity index is 1.89. The van der Waals surface area contributed by atoms with E-state index in [1.165, 1.54) is 10.7 Å². The van der Waals surface area contributed by atoms with Crippen LogP contribution in [0.3, 0.4) is 0 Å². The summed E-state index contributed by atoms with van der Waals surface area (Å²) < 4.78 is 29.6. The van der Waals surface area contributed by atoms with Crippen molar-refractivity contribution in [2.24, 2.45) is 0 Å². The predicted molar refractivity (Wildman–Crippen MR) is 94.7 cm³/mol. The minimum atomic E-state index is -3.64. The van der Waals surface area contributed by atoms with Gasteiger partial charge >= 0.3 is 10.2 Å². The summed E-state index contributed by atoms with van der Waals surface area (Å²) in [5, 5.41) is 0. The lowest BCUT2D eigenvalue weighted by Gasteiger charge is -2.34. The van der Waals surface area contributed by atoms with Crippen molar-refractivity contribution in [3.8, 4) is 0 Å². The van der Waals surface area contributed by atoms with Gasteiger partial charge < -0.3 is 0 Å². The first kappa shape index (κ1) is 18.2. The first-order chi connectivity index (χ1) is 11.6. The van der Waals surface area contributed by atoms with E-state index in [-0.39, 0.29) is 18.0 Å². The SMILES string of the molecule is CCCCC1C(=O)N(C2CCCCC2)S(=O)(=O)N1C1CCCCC1. The van der Waals surface area contributed by atoms with Crippen LogP contribution >= 0.6 is 0 Å². The molecule has 0 aromatic carbocycles. The van der Waals surface area contributed by atoms with Gasteiger partial charge in [0.25, 0.3) is 5.91 Å². The Kier molecular flexibility index (Phi) is 5.85. The van der Waals surface area contributed by atoms with Gasteiger partial charge in [0.2, 0.25) is 0 Å². The zero-order valence-corrected chi connectivity index (χ0v) is 15.8. The van der Waals surface area contributed by atoms with Crippen LogP contribution in [0.2, 0.25) is 0 Å². The van der Waals surface area contributed by atoms with Gasteiger partial charge in [-0.2, -0.15) is 12.7 Å². The lowest BCUT2D eigenvalue weighted by molar-refractivity contribution is -0.130. The Morgan fingerprint density at radius 2 is 1.46 bits per heavy atom. The smallest absolute Gasteiger partial charge is 0.272 e. The molecule has 3 rings (SSSR count). The van der Waals surface area contributed by atoms with Crippen LogP contribution in [0.5, 0.6) is 0 Å². The third-order valence-corrected chi connectivity index (χ3v) is 8.06. The molecular formula is C18H32N2O3S. The third kappa shape index (κ3) is 3.36. The van der Waals surface area contributed by atoms with Crippen molar-refractivity contribution in [1.29, 1.82) is 0 Å². The van der Waals surface area contributed by atoms with E-state index in [2.05, 4.69) is 6.92 Å². The van der Waals surface area contributed by atoms with Crippen LogP contribution in [-0.4, -0.2) is 41.1 Å². The summed E-state index contributed by atoms with van der Waals surface area (Å²) in [6.07, 6.45) is 12.6. The summed E-state index contributed by atoms with van der Waals surface area (Å²) in [6.45, 7) is 2.10. The summed E-state index contributed by atoms with van der Waals surface area (Å²) in [4.78, 5) is 13.1. The Morgan fingerprint density at radius 1 is 0.917 bits per heavy atom. The fourth-order valence-electron chi connectivity index (χ4n) is 4.74. The first-order valence-electron chi connectivity index (χ1n) is 9.94. The standard InChI is InChI=1S/C18H32N2O3S/c1-2-3-14-17-18(21)20(16-12-8-5-9-13-16)24(22,23)19(17)15-10-6-4-7-11-15/h15-17H,2-14H2,1H3. The molecule has 1 aliphatic heterocycles. The molecule has 0 radical (unpaired) electrons. The molecule has 1 saturated heterocycles. The van der Waals surface area contributed by atoms with Crippen molar-refractivity contribution >= 4 is 16.1 Å². The molecule has 138 valence electrons. The van der Waals surface area contributed by atoms with Gasteiger partial charge in [0, 0.05) is 12.1 Å². The van der Waals surface area contributed by atoms with E-state index in [1.54, 1.807) is 4.31 Å². The maximum Gasteiger partial charge on any atom is 0.307 e. The Hall–Kier alpha value is -0.620. The van der Waals surface area contributed by atoms with Gasteiger partial charge in [-0.15, -0.1) is 0 Å². The van der Waals surface area contributed by atoms with Crippen LogP contribution in [0, 0.1) is 0 Å². The van der Waals surface area contributed by atoms with Crippen molar-refractivity contribution in [1.82, 2.24) is 8.61 Å². The molecular weight excluding hydrogens is 324 g/mol. The second kappa shape index (κ2) is 7.73. The molecule has 2 aliphatic carbocycles. The van der Waals surface area contributed by atoms with E-state index in [9.17, 15) is 13.2 Å². The zero-order chi connectivity index (χ0) is 17.2. The highest BCUT2D eigenvalue weighted by Gasteiger charge is 2.54. The number of carbonyl (C=O) groups excluding carboxylic acids is 1. The molecule has 2 saturated carbocycles. The molecule has 3 fully saturated rings. The van der Waals surface area contributed by atoms with E-state index in [1.807, 2.05) is 0 Å². The van der Waals surface area contributed by atoms with Crippen LogP contribution < -0.4 is 0 Å². The minimum Gasteiger partial charge on any atom is -0.272 e. The normalized spacial score (nSPS) is 30.1. The molecule has 3 aliphatic rings. The quantitative estimate of drug-likeness (QED) is 0.756. The number of rotatable bonds is 5. The van der Waals surface area contributed by atoms with Crippen molar-refractivity contribution in [2.45, 2.75) is 109 Å². The molecule has 0 aromatic rings. The van der Waals surface area contributed by atoms with Crippen LogP contribution in [-0.2, 0) is 15.0 Å². The van der Waals surface area contributed by atoms with Crippen molar-refractivity contribution in [2.75, 3.05) is 0 Å². The minimum absolute atomic E-state index is 0.0307. The molecule has 1 unspecified atom stereocenters. The highest BCUT2D eigenvalue weighted by molar-refractivity contribution is 7.87.